The summed E-state index contributed by atoms with van der Waals surface area (Å²) in [5.74, 6) is 2.40. The lowest BCUT2D eigenvalue weighted by Gasteiger charge is -2.36. The number of nitrogens with zero attached hydrogens (tertiary/aromatic N) is 5. The molecule has 2 aliphatic heterocycles. The second-order valence-electron chi connectivity index (χ2n) is 7.65. The van der Waals surface area contributed by atoms with E-state index < -0.39 is 6.10 Å². The molecule has 0 N–H and O–H groups in total. The highest BCUT2D eigenvalue weighted by molar-refractivity contribution is 5.81. The molecule has 0 aliphatic carbocycles. The molecule has 2 saturated heterocycles. The Balaban J connectivity index is 1.36. The number of carbonyl (C=O) groups excluding carboxylic acids is 1. The Hall–Kier alpha value is -2.87. The van der Waals surface area contributed by atoms with Crippen molar-refractivity contribution in [1.82, 2.24) is 14.9 Å². The minimum atomic E-state index is -0.512. The van der Waals surface area contributed by atoms with E-state index in [1.54, 1.807) is 6.92 Å². The topological polar surface area (TPSA) is 71.0 Å². The molecule has 2 aromatic rings. The van der Waals surface area contributed by atoms with E-state index in [9.17, 15) is 4.79 Å². The Labute approximate surface area is 177 Å². The minimum absolute atomic E-state index is 0.0117. The second-order valence-corrected chi connectivity index (χ2v) is 7.65. The van der Waals surface area contributed by atoms with Gasteiger partial charge in [-0.05, 0) is 26.0 Å². The number of aromatic nitrogens is 2. The summed E-state index contributed by atoms with van der Waals surface area (Å²) in [4.78, 5) is 28.5. The standard InChI is InChI=1S/C22H29N5O3/c1-17-16-20(25-12-14-29-15-13-25)24-22(23-17)27-10-8-26(9-11-27)21(28)18(2)30-19-6-4-3-5-7-19/h3-7,16,18H,8-15H2,1-2H3/t18-/m0/s1. The maximum atomic E-state index is 12.8. The number of hydrogen-bond donors (Lipinski definition) is 0. The summed E-state index contributed by atoms with van der Waals surface area (Å²) in [6.07, 6.45) is -0.512. The maximum absolute atomic E-state index is 12.8. The lowest BCUT2D eigenvalue weighted by molar-refractivity contribution is -0.138. The minimum Gasteiger partial charge on any atom is -0.481 e. The maximum Gasteiger partial charge on any atom is 0.263 e. The van der Waals surface area contributed by atoms with Gasteiger partial charge in [0.05, 0.1) is 13.2 Å². The monoisotopic (exact) mass is 411 g/mol. The van der Waals surface area contributed by atoms with Gasteiger partial charge in [0.25, 0.3) is 5.91 Å². The van der Waals surface area contributed by atoms with Crippen LogP contribution in [0.25, 0.3) is 0 Å². The zero-order chi connectivity index (χ0) is 20.9. The molecule has 2 aliphatic rings. The number of hydrogen-bond acceptors (Lipinski definition) is 7. The summed E-state index contributed by atoms with van der Waals surface area (Å²) in [6, 6.07) is 11.5. The second kappa shape index (κ2) is 9.30. The molecule has 1 aromatic heterocycles. The Morgan fingerprint density at radius 2 is 1.70 bits per heavy atom. The molecule has 0 unspecified atom stereocenters. The van der Waals surface area contributed by atoms with E-state index in [0.29, 0.717) is 31.9 Å². The fraction of sp³-hybridized carbons (Fsp3) is 0.500. The summed E-state index contributed by atoms with van der Waals surface area (Å²) in [5.41, 5.74) is 0.949. The van der Waals surface area contributed by atoms with E-state index in [1.165, 1.54) is 0 Å². The fourth-order valence-corrected chi connectivity index (χ4v) is 3.77. The van der Waals surface area contributed by atoms with Gasteiger partial charge in [0.2, 0.25) is 5.95 Å². The number of rotatable bonds is 5. The van der Waals surface area contributed by atoms with Gasteiger partial charge in [-0.3, -0.25) is 4.79 Å². The molecule has 1 atom stereocenters. The number of morpholine rings is 1. The predicted molar refractivity (Wildman–Crippen MR) is 115 cm³/mol. The SMILES string of the molecule is Cc1cc(N2CCOCC2)nc(N2CCN(C(=O)[C@H](C)Oc3ccccc3)CC2)n1. The van der Waals surface area contributed by atoms with Gasteiger partial charge in [-0.1, -0.05) is 18.2 Å². The summed E-state index contributed by atoms with van der Waals surface area (Å²) >= 11 is 0. The van der Waals surface area contributed by atoms with Crippen molar-refractivity contribution in [3.63, 3.8) is 0 Å². The van der Waals surface area contributed by atoms with Gasteiger partial charge in [-0.15, -0.1) is 0 Å². The molecule has 8 nitrogen and oxygen atoms in total. The first-order valence-corrected chi connectivity index (χ1v) is 10.5. The number of anilines is 2. The van der Waals surface area contributed by atoms with Crippen molar-refractivity contribution >= 4 is 17.7 Å². The highest BCUT2D eigenvalue weighted by Crippen LogP contribution is 2.20. The largest absolute Gasteiger partial charge is 0.481 e. The number of benzene rings is 1. The quantitative estimate of drug-likeness (QED) is 0.742. The number of ether oxygens (including phenoxy) is 2. The third-order valence-electron chi connectivity index (χ3n) is 5.44. The molecule has 30 heavy (non-hydrogen) atoms. The zero-order valence-corrected chi connectivity index (χ0v) is 17.7. The summed E-state index contributed by atoms with van der Waals surface area (Å²) in [7, 11) is 0. The number of para-hydroxylation sites is 1. The Morgan fingerprint density at radius 3 is 2.40 bits per heavy atom. The van der Waals surface area contributed by atoms with E-state index in [4.69, 9.17) is 14.5 Å². The Kier molecular flexibility index (Phi) is 6.32. The molecule has 0 spiro atoms. The van der Waals surface area contributed by atoms with Crippen molar-refractivity contribution in [2.24, 2.45) is 0 Å². The van der Waals surface area contributed by atoms with Gasteiger partial charge in [0.1, 0.15) is 11.6 Å². The summed E-state index contributed by atoms with van der Waals surface area (Å²) < 4.78 is 11.2. The lowest BCUT2D eigenvalue weighted by Crippen LogP contribution is -2.52. The molecule has 2 fully saturated rings. The highest BCUT2D eigenvalue weighted by atomic mass is 16.5. The summed E-state index contributed by atoms with van der Waals surface area (Å²) in [6.45, 7) is 9.61. The summed E-state index contributed by atoms with van der Waals surface area (Å²) in [5, 5.41) is 0. The van der Waals surface area contributed by atoms with Crippen molar-refractivity contribution in [3.8, 4) is 5.75 Å². The lowest BCUT2D eigenvalue weighted by atomic mass is 10.2. The first kappa shape index (κ1) is 20.4. The molecule has 0 radical (unpaired) electrons. The number of aryl methyl sites for hydroxylation is 1. The van der Waals surface area contributed by atoms with Crippen LogP contribution in [0.4, 0.5) is 11.8 Å². The van der Waals surface area contributed by atoms with Gasteiger partial charge in [-0.25, -0.2) is 4.98 Å². The predicted octanol–water partition coefficient (Wildman–Crippen LogP) is 1.74. The van der Waals surface area contributed by atoms with Crippen LogP contribution in [0, 0.1) is 6.92 Å². The van der Waals surface area contributed by atoms with Gasteiger partial charge < -0.3 is 24.2 Å². The highest BCUT2D eigenvalue weighted by Gasteiger charge is 2.27. The van der Waals surface area contributed by atoms with Crippen LogP contribution in [0.5, 0.6) is 5.75 Å². The molecule has 160 valence electrons. The van der Waals surface area contributed by atoms with Gasteiger partial charge in [0.15, 0.2) is 6.10 Å². The smallest absolute Gasteiger partial charge is 0.263 e. The van der Waals surface area contributed by atoms with Crippen LogP contribution < -0.4 is 14.5 Å². The van der Waals surface area contributed by atoms with Crippen LogP contribution in [0.3, 0.4) is 0 Å². The van der Waals surface area contributed by atoms with Crippen molar-refractivity contribution < 1.29 is 14.3 Å². The van der Waals surface area contributed by atoms with Crippen LogP contribution in [-0.2, 0) is 9.53 Å². The molecular weight excluding hydrogens is 382 g/mol. The Bertz CT molecular complexity index is 849. The van der Waals surface area contributed by atoms with E-state index in [1.807, 2.05) is 48.2 Å². The third kappa shape index (κ3) is 4.81. The van der Waals surface area contributed by atoms with E-state index in [-0.39, 0.29) is 5.91 Å². The molecule has 8 heteroatoms. The molecule has 0 saturated carbocycles. The number of piperazine rings is 1. The van der Waals surface area contributed by atoms with Crippen molar-refractivity contribution in [3.05, 3.63) is 42.1 Å². The molecule has 1 aromatic carbocycles. The van der Waals surface area contributed by atoms with Crippen LogP contribution in [0.15, 0.2) is 36.4 Å². The molecule has 0 bridgehead atoms. The molecular formula is C22H29N5O3. The molecule has 3 heterocycles. The van der Waals surface area contributed by atoms with Crippen molar-refractivity contribution in [2.45, 2.75) is 20.0 Å². The number of amides is 1. The van der Waals surface area contributed by atoms with Gasteiger partial charge >= 0.3 is 0 Å². The van der Waals surface area contributed by atoms with Crippen LogP contribution in [-0.4, -0.2) is 79.4 Å². The first-order valence-electron chi connectivity index (χ1n) is 10.5. The first-order chi connectivity index (χ1) is 14.6. The van der Waals surface area contributed by atoms with Crippen molar-refractivity contribution in [2.75, 3.05) is 62.3 Å². The third-order valence-corrected chi connectivity index (χ3v) is 5.44. The molecule has 4 rings (SSSR count). The van der Waals surface area contributed by atoms with Crippen LogP contribution in [0.2, 0.25) is 0 Å². The van der Waals surface area contributed by atoms with Gasteiger partial charge in [0, 0.05) is 51.0 Å². The van der Waals surface area contributed by atoms with Crippen LogP contribution in [0.1, 0.15) is 12.6 Å². The van der Waals surface area contributed by atoms with Gasteiger partial charge in [-0.2, -0.15) is 4.98 Å². The average Bonchev–Trinajstić information content (AvgIpc) is 2.79. The van der Waals surface area contributed by atoms with Crippen molar-refractivity contribution in [1.29, 1.82) is 0 Å². The Morgan fingerprint density at radius 1 is 1.00 bits per heavy atom. The fourth-order valence-electron chi connectivity index (χ4n) is 3.77. The number of carbonyl (C=O) groups is 1. The average molecular weight is 412 g/mol. The zero-order valence-electron chi connectivity index (χ0n) is 17.7. The van der Waals surface area contributed by atoms with E-state index in [0.717, 1.165) is 43.8 Å². The molecule has 1 amide bonds. The normalized spacial score (nSPS) is 18.3. The van der Waals surface area contributed by atoms with Crippen LogP contribution >= 0.6 is 0 Å². The van der Waals surface area contributed by atoms with E-state index in [2.05, 4.69) is 14.8 Å². The van der Waals surface area contributed by atoms with E-state index >= 15 is 0 Å².